The standard InChI is InChI=1S/C17H18N6O2S/c1-10-11(2)22-23-16(10)20-15-5-6-18-17(21-15)19-14-4-3-12-8-26(24,25)9-13(12)7-14/h3-7H,8-9H2,1-2H3,(H3,18,19,20,21,22,23). The van der Waals surface area contributed by atoms with Gasteiger partial charge in [-0.3, -0.25) is 5.10 Å². The summed E-state index contributed by atoms with van der Waals surface area (Å²) in [4.78, 5) is 8.65. The van der Waals surface area contributed by atoms with Crippen molar-refractivity contribution >= 4 is 33.1 Å². The molecule has 0 saturated carbocycles. The van der Waals surface area contributed by atoms with Gasteiger partial charge in [-0.25, -0.2) is 13.4 Å². The summed E-state index contributed by atoms with van der Waals surface area (Å²) in [6, 6.07) is 7.26. The van der Waals surface area contributed by atoms with Crippen LogP contribution in [-0.4, -0.2) is 28.6 Å². The minimum Gasteiger partial charge on any atom is -0.324 e. The van der Waals surface area contributed by atoms with Crippen molar-refractivity contribution in [2.45, 2.75) is 25.4 Å². The van der Waals surface area contributed by atoms with Crippen molar-refractivity contribution in [1.82, 2.24) is 20.2 Å². The molecule has 9 heteroatoms. The average molecular weight is 370 g/mol. The van der Waals surface area contributed by atoms with E-state index in [1.165, 1.54) is 0 Å². The summed E-state index contributed by atoms with van der Waals surface area (Å²) < 4.78 is 23.5. The molecule has 1 aromatic carbocycles. The molecule has 1 aliphatic heterocycles. The van der Waals surface area contributed by atoms with Gasteiger partial charge in [-0.1, -0.05) is 6.07 Å². The first-order valence-electron chi connectivity index (χ1n) is 8.10. The number of hydrogen-bond acceptors (Lipinski definition) is 7. The van der Waals surface area contributed by atoms with Crippen molar-refractivity contribution in [1.29, 1.82) is 0 Å². The highest BCUT2D eigenvalue weighted by atomic mass is 32.2. The molecule has 0 saturated heterocycles. The Morgan fingerprint density at radius 3 is 2.65 bits per heavy atom. The van der Waals surface area contributed by atoms with Crippen LogP contribution in [0.1, 0.15) is 22.4 Å². The van der Waals surface area contributed by atoms with E-state index in [0.29, 0.717) is 11.8 Å². The van der Waals surface area contributed by atoms with Crippen LogP contribution in [-0.2, 0) is 21.3 Å². The summed E-state index contributed by atoms with van der Waals surface area (Å²) in [5.41, 5.74) is 4.46. The highest BCUT2D eigenvalue weighted by Gasteiger charge is 2.24. The van der Waals surface area contributed by atoms with Gasteiger partial charge in [0, 0.05) is 23.1 Å². The van der Waals surface area contributed by atoms with Gasteiger partial charge in [0.05, 0.1) is 11.5 Å². The third-order valence-electron chi connectivity index (χ3n) is 4.37. The van der Waals surface area contributed by atoms with E-state index in [-0.39, 0.29) is 11.5 Å². The predicted octanol–water partition coefficient (Wildman–Crippen LogP) is 2.73. The highest BCUT2D eigenvalue weighted by Crippen LogP contribution is 2.28. The molecule has 2 aromatic heterocycles. The van der Waals surface area contributed by atoms with Crippen LogP contribution in [0.5, 0.6) is 0 Å². The first kappa shape index (κ1) is 16.5. The fraction of sp³-hybridized carbons (Fsp3) is 0.235. The predicted molar refractivity (Wildman–Crippen MR) is 99.4 cm³/mol. The van der Waals surface area contributed by atoms with Crippen LogP contribution in [0.25, 0.3) is 0 Å². The number of nitrogens with one attached hydrogen (secondary N) is 3. The van der Waals surface area contributed by atoms with Crippen LogP contribution in [0.3, 0.4) is 0 Å². The SMILES string of the molecule is Cc1[nH]nc(Nc2ccnc(Nc3ccc4c(c3)CS(=O)(=O)C4)n2)c1C. The van der Waals surface area contributed by atoms with Gasteiger partial charge < -0.3 is 10.6 Å². The Morgan fingerprint density at radius 1 is 1.08 bits per heavy atom. The summed E-state index contributed by atoms with van der Waals surface area (Å²) in [7, 11) is -3.02. The Hall–Kier alpha value is -2.94. The smallest absolute Gasteiger partial charge is 0.229 e. The van der Waals surface area contributed by atoms with Crippen LogP contribution < -0.4 is 10.6 Å². The maximum Gasteiger partial charge on any atom is 0.229 e. The Kier molecular flexibility index (Phi) is 3.87. The molecule has 3 aromatic rings. The third-order valence-corrected chi connectivity index (χ3v) is 5.87. The molecule has 0 amide bonds. The topological polar surface area (TPSA) is 113 Å². The van der Waals surface area contributed by atoms with Gasteiger partial charge in [0.15, 0.2) is 15.7 Å². The number of nitrogens with zero attached hydrogens (tertiary/aromatic N) is 3. The first-order valence-corrected chi connectivity index (χ1v) is 9.93. The van der Waals surface area contributed by atoms with E-state index in [1.54, 1.807) is 12.3 Å². The molecule has 4 rings (SSSR count). The van der Waals surface area contributed by atoms with E-state index in [4.69, 9.17) is 0 Å². The molecule has 26 heavy (non-hydrogen) atoms. The lowest BCUT2D eigenvalue weighted by Crippen LogP contribution is -2.01. The third kappa shape index (κ3) is 3.25. The quantitative estimate of drug-likeness (QED) is 0.647. The number of aryl methyl sites for hydroxylation is 1. The second-order valence-corrected chi connectivity index (χ2v) is 8.42. The number of benzene rings is 1. The van der Waals surface area contributed by atoms with E-state index in [9.17, 15) is 8.42 Å². The van der Waals surface area contributed by atoms with Crippen LogP contribution in [0, 0.1) is 13.8 Å². The van der Waals surface area contributed by atoms with E-state index < -0.39 is 9.84 Å². The lowest BCUT2D eigenvalue weighted by Gasteiger charge is -2.08. The Bertz CT molecular complexity index is 1090. The largest absolute Gasteiger partial charge is 0.324 e. The second-order valence-electron chi connectivity index (χ2n) is 6.35. The van der Waals surface area contributed by atoms with Crippen LogP contribution in [0.2, 0.25) is 0 Å². The molecule has 8 nitrogen and oxygen atoms in total. The second kappa shape index (κ2) is 6.10. The molecule has 0 spiro atoms. The molecule has 134 valence electrons. The number of aromatic nitrogens is 4. The normalized spacial score (nSPS) is 14.8. The Labute approximate surface area is 151 Å². The summed E-state index contributed by atoms with van der Waals surface area (Å²) in [6.45, 7) is 3.93. The molecule has 3 heterocycles. The van der Waals surface area contributed by atoms with Gasteiger partial charge in [-0.2, -0.15) is 10.1 Å². The summed E-state index contributed by atoms with van der Waals surface area (Å²) in [5, 5.41) is 13.4. The average Bonchev–Trinajstić information content (AvgIpc) is 3.06. The minimum atomic E-state index is -3.02. The summed E-state index contributed by atoms with van der Waals surface area (Å²) >= 11 is 0. The van der Waals surface area contributed by atoms with Crippen molar-refractivity contribution < 1.29 is 8.42 Å². The molecular weight excluding hydrogens is 352 g/mol. The number of H-pyrrole nitrogens is 1. The van der Waals surface area contributed by atoms with E-state index in [2.05, 4.69) is 30.8 Å². The minimum absolute atomic E-state index is 0.0814. The number of aromatic amines is 1. The van der Waals surface area contributed by atoms with Crippen LogP contribution in [0.4, 0.5) is 23.3 Å². The van der Waals surface area contributed by atoms with Gasteiger partial charge >= 0.3 is 0 Å². The molecule has 0 unspecified atom stereocenters. The molecule has 3 N–H and O–H groups in total. The number of anilines is 4. The lowest BCUT2D eigenvalue weighted by molar-refractivity contribution is 0.598. The van der Waals surface area contributed by atoms with Gasteiger partial charge in [-0.05, 0) is 43.2 Å². The molecule has 0 radical (unpaired) electrons. The zero-order valence-electron chi connectivity index (χ0n) is 14.4. The number of rotatable bonds is 4. The molecule has 1 aliphatic rings. The number of sulfone groups is 1. The Morgan fingerprint density at radius 2 is 1.88 bits per heavy atom. The molecule has 0 atom stereocenters. The number of fused-ring (bicyclic) bond motifs is 1. The van der Waals surface area contributed by atoms with Crippen LogP contribution in [0.15, 0.2) is 30.5 Å². The monoisotopic (exact) mass is 370 g/mol. The zero-order valence-corrected chi connectivity index (χ0v) is 15.2. The highest BCUT2D eigenvalue weighted by molar-refractivity contribution is 7.90. The first-order chi connectivity index (χ1) is 12.4. The number of hydrogen-bond donors (Lipinski definition) is 3. The Balaban J connectivity index is 1.54. The van der Waals surface area contributed by atoms with E-state index in [1.807, 2.05) is 32.0 Å². The zero-order chi connectivity index (χ0) is 18.3. The van der Waals surface area contributed by atoms with Gasteiger partial charge in [0.1, 0.15) is 5.82 Å². The maximum atomic E-state index is 11.7. The summed E-state index contributed by atoms with van der Waals surface area (Å²) in [6.07, 6.45) is 1.64. The molecule has 0 fully saturated rings. The maximum absolute atomic E-state index is 11.7. The van der Waals surface area contributed by atoms with Crippen molar-refractivity contribution in [2.75, 3.05) is 10.6 Å². The van der Waals surface area contributed by atoms with Gasteiger partial charge in [0.25, 0.3) is 0 Å². The van der Waals surface area contributed by atoms with E-state index in [0.717, 1.165) is 33.9 Å². The van der Waals surface area contributed by atoms with Gasteiger partial charge in [0.2, 0.25) is 5.95 Å². The fourth-order valence-corrected chi connectivity index (χ4v) is 4.45. The lowest BCUT2D eigenvalue weighted by atomic mass is 10.1. The molecular formula is C17H18N6O2S. The van der Waals surface area contributed by atoms with Gasteiger partial charge in [-0.15, -0.1) is 0 Å². The van der Waals surface area contributed by atoms with Crippen molar-refractivity contribution in [3.05, 3.63) is 52.8 Å². The molecule has 0 bridgehead atoms. The summed E-state index contributed by atoms with van der Waals surface area (Å²) in [5.74, 6) is 1.94. The van der Waals surface area contributed by atoms with Crippen molar-refractivity contribution in [3.63, 3.8) is 0 Å². The van der Waals surface area contributed by atoms with Crippen LogP contribution >= 0.6 is 0 Å². The molecule has 0 aliphatic carbocycles. The van der Waals surface area contributed by atoms with E-state index >= 15 is 0 Å². The van der Waals surface area contributed by atoms with Crippen molar-refractivity contribution in [3.8, 4) is 0 Å². The fourth-order valence-electron chi connectivity index (χ4n) is 2.85. The van der Waals surface area contributed by atoms with Crippen molar-refractivity contribution in [2.24, 2.45) is 0 Å².